The van der Waals surface area contributed by atoms with E-state index in [4.69, 9.17) is 4.74 Å². The molecule has 1 rings (SSSR count). The van der Waals surface area contributed by atoms with E-state index in [-0.39, 0.29) is 6.10 Å². The Bertz CT molecular complexity index is 304. The molecule has 17 heavy (non-hydrogen) atoms. The average molecular weight is 238 g/mol. The Balaban J connectivity index is 2.27. The Hall–Kier alpha value is -0.970. The molecule has 0 spiro atoms. The standard InChI is InChI=1S/C13H22N2O2/c1-11(2)17-10-13(16)9-15(3)8-12-4-6-14-7-5-12/h4-7,11,13,16H,8-10H2,1-3H3. The minimum Gasteiger partial charge on any atom is -0.389 e. The maximum absolute atomic E-state index is 9.77. The van der Waals surface area contributed by atoms with Crippen molar-refractivity contribution in [3.05, 3.63) is 30.1 Å². The zero-order valence-corrected chi connectivity index (χ0v) is 10.8. The fourth-order valence-electron chi connectivity index (χ4n) is 1.58. The molecule has 1 heterocycles. The molecule has 0 amide bonds. The summed E-state index contributed by atoms with van der Waals surface area (Å²) in [5.41, 5.74) is 1.19. The van der Waals surface area contributed by atoms with Crippen molar-refractivity contribution in [1.82, 2.24) is 9.88 Å². The van der Waals surface area contributed by atoms with Crippen molar-refractivity contribution in [2.45, 2.75) is 32.6 Å². The van der Waals surface area contributed by atoms with Gasteiger partial charge in [-0.1, -0.05) is 0 Å². The van der Waals surface area contributed by atoms with E-state index in [1.807, 2.05) is 33.0 Å². The van der Waals surface area contributed by atoms with Gasteiger partial charge in [0.1, 0.15) is 0 Å². The molecule has 0 aliphatic rings. The average Bonchev–Trinajstić information content (AvgIpc) is 2.27. The van der Waals surface area contributed by atoms with Gasteiger partial charge in [0.25, 0.3) is 0 Å². The highest BCUT2D eigenvalue weighted by Gasteiger charge is 2.09. The summed E-state index contributed by atoms with van der Waals surface area (Å²) in [6, 6.07) is 3.96. The second-order valence-corrected chi connectivity index (χ2v) is 4.59. The van der Waals surface area contributed by atoms with E-state index in [9.17, 15) is 5.11 Å². The third-order valence-corrected chi connectivity index (χ3v) is 2.35. The van der Waals surface area contributed by atoms with Crippen LogP contribution in [-0.4, -0.2) is 47.4 Å². The summed E-state index contributed by atoms with van der Waals surface area (Å²) in [7, 11) is 1.99. The minimum atomic E-state index is -0.441. The van der Waals surface area contributed by atoms with Crippen LogP contribution in [0.25, 0.3) is 0 Å². The highest BCUT2D eigenvalue weighted by Crippen LogP contribution is 2.02. The van der Waals surface area contributed by atoms with Crippen LogP contribution in [0.5, 0.6) is 0 Å². The number of nitrogens with zero attached hydrogens (tertiary/aromatic N) is 2. The minimum absolute atomic E-state index is 0.162. The van der Waals surface area contributed by atoms with Gasteiger partial charge in [-0.25, -0.2) is 0 Å². The van der Waals surface area contributed by atoms with Crippen LogP contribution in [-0.2, 0) is 11.3 Å². The van der Waals surface area contributed by atoms with Gasteiger partial charge >= 0.3 is 0 Å². The lowest BCUT2D eigenvalue weighted by Crippen LogP contribution is -2.32. The van der Waals surface area contributed by atoms with Gasteiger partial charge in [0.05, 0.1) is 18.8 Å². The van der Waals surface area contributed by atoms with Crippen LogP contribution in [0.15, 0.2) is 24.5 Å². The number of pyridine rings is 1. The van der Waals surface area contributed by atoms with Crippen LogP contribution in [0.4, 0.5) is 0 Å². The number of aromatic nitrogens is 1. The maximum Gasteiger partial charge on any atom is 0.0900 e. The molecule has 0 aliphatic carbocycles. The summed E-state index contributed by atoms with van der Waals surface area (Å²) < 4.78 is 5.37. The van der Waals surface area contributed by atoms with Gasteiger partial charge in [-0.3, -0.25) is 9.88 Å². The quantitative estimate of drug-likeness (QED) is 0.777. The molecular weight excluding hydrogens is 216 g/mol. The van der Waals surface area contributed by atoms with Gasteiger partial charge in [0, 0.05) is 25.5 Å². The molecule has 0 saturated heterocycles. The molecule has 0 radical (unpaired) electrons. The molecule has 1 N–H and O–H groups in total. The largest absolute Gasteiger partial charge is 0.389 e. The number of aliphatic hydroxyl groups is 1. The molecule has 4 nitrogen and oxygen atoms in total. The van der Waals surface area contributed by atoms with Gasteiger partial charge in [0.15, 0.2) is 0 Å². The lowest BCUT2D eigenvalue weighted by molar-refractivity contribution is -0.00634. The molecule has 1 aromatic rings. The molecule has 1 unspecified atom stereocenters. The third-order valence-electron chi connectivity index (χ3n) is 2.35. The van der Waals surface area contributed by atoms with E-state index in [2.05, 4.69) is 9.88 Å². The Morgan fingerprint density at radius 1 is 1.35 bits per heavy atom. The number of rotatable bonds is 7. The normalized spacial score (nSPS) is 13.3. The Morgan fingerprint density at radius 2 is 2.00 bits per heavy atom. The summed E-state index contributed by atoms with van der Waals surface area (Å²) in [5, 5.41) is 9.77. The van der Waals surface area contributed by atoms with Crippen LogP contribution in [0.1, 0.15) is 19.4 Å². The first-order valence-corrected chi connectivity index (χ1v) is 5.95. The van der Waals surface area contributed by atoms with Crippen LogP contribution >= 0.6 is 0 Å². The molecule has 96 valence electrons. The number of ether oxygens (including phenoxy) is 1. The number of aliphatic hydroxyl groups excluding tert-OH is 1. The van der Waals surface area contributed by atoms with E-state index in [0.717, 1.165) is 6.54 Å². The van der Waals surface area contributed by atoms with Crippen LogP contribution in [0.2, 0.25) is 0 Å². The summed E-state index contributed by atoms with van der Waals surface area (Å²) in [5.74, 6) is 0. The lowest BCUT2D eigenvalue weighted by Gasteiger charge is -2.21. The van der Waals surface area contributed by atoms with E-state index >= 15 is 0 Å². The first-order valence-electron chi connectivity index (χ1n) is 5.95. The molecule has 0 fully saturated rings. The summed E-state index contributed by atoms with van der Waals surface area (Å²) in [6.45, 7) is 5.73. The van der Waals surface area contributed by atoms with E-state index < -0.39 is 6.10 Å². The van der Waals surface area contributed by atoms with Crippen molar-refractivity contribution in [1.29, 1.82) is 0 Å². The highest BCUT2D eigenvalue weighted by atomic mass is 16.5. The van der Waals surface area contributed by atoms with E-state index in [1.165, 1.54) is 5.56 Å². The zero-order chi connectivity index (χ0) is 12.7. The number of likely N-dealkylation sites (N-methyl/N-ethyl adjacent to an activating group) is 1. The van der Waals surface area contributed by atoms with E-state index in [0.29, 0.717) is 13.2 Å². The Labute approximate surface area is 103 Å². The van der Waals surface area contributed by atoms with Crippen molar-refractivity contribution in [3.63, 3.8) is 0 Å². The summed E-state index contributed by atoms with van der Waals surface area (Å²) in [6.07, 6.45) is 3.28. The number of hydrogen-bond donors (Lipinski definition) is 1. The van der Waals surface area contributed by atoms with Crippen molar-refractivity contribution >= 4 is 0 Å². The predicted molar refractivity (Wildman–Crippen MR) is 67.7 cm³/mol. The fourth-order valence-corrected chi connectivity index (χ4v) is 1.58. The molecule has 4 heteroatoms. The SMILES string of the molecule is CC(C)OCC(O)CN(C)Cc1ccncc1. The van der Waals surface area contributed by atoms with Crippen molar-refractivity contribution in [2.24, 2.45) is 0 Å². The second-order valence-electron chi connectivity index (χ2n) is 4.59. The topological polar surface area (TPSA) is 45.6 Å². The number of hydrogen-bond acceptors (Lipinski definition) is 4. The van der Waals surface area contributed by atoms with Gasteiger partial charge < -0.3 is 9.84 Å². The van der Waals surface area contributed by atoms with Gasteiger partial charge in [-0.2, -0.15) is 0 Å². The van der Waals surface area contributed by atoms with Crippen LogP contribution < -0.4 is 0 Å². The third kappa shape index (κ3) is 6.36. The smallest absolute Gasteiger partial charge is 0.0900 e. The first-order chi connectivity index (χ1) is 8.08. The monoisotopic (exact) mass is 238 g/mol. The molecular formula is C13H22N2O2. The molecule has 0 aromatic carbocycles. The zero-order valence-electron chi connectivity index (χ0n) is 10.8. The second kappa shape index (κ2) is 7.37. The molecule has 0 bridgehead atoms. The predicted octanol–water partition coefficient (Wildman–Crippen LogP) is 1.30. The van der Waals surface area contributed by atoms with Gasteiger partial charge in [-0.05, 0) is 38.6 Å². The fraction of sp³-hybridized carbons (Fsp3) is 0.615. The lowest BCUT2D eigenvalue weighted by atomic mass is 10.2. The van der Waals surface area contributed by atoms with Crippen LogP contribution in [0, 0.1) is 0 Å². The summed E-state index contributed by atoms with van der Waals surface area (Å²) >= 11 is 0. The van der Waals surface area contributed by atoms with Crippen molar-refractivity contribution < 1.29 is 9.84 Å². The van der Waals surface area contributed by atoms with Gasteiger partial charge in [-0.15, -0.1) is 0 Å². The summed E-state index contributed by atoms with van der Waals surface area (Å²) in [4.78, 5) is 6.05. The Morgan fingerprint density at radius 3 is 2.59 bits per heavy atom. The highest BCUT2D eigenvalue weighted by molar-refractivity contribution is 5.09. The van der Waals surface area contributed by atoms with Crippen molar-refractivity contribution in [2.75, 3.05) is 20.2 Å². The molecule has 1 atom stereocenters. The van der Waals surface area contributed by atoms with E-state index in [1.54, 1.807) is 12.4 Å². The molecule has 0 aliphatic heterocycles. The molecule has 0 saturated carbocycles. The maximum atomic E-state index is 9.77. The first kappa shape index (κ1) is 14.1. The Kier molecular flexibility index (Phi) is 6.11. The van der Waals surface area contributed by atoms with Crippen LogP contribution in [0.3, 0.4) is 0 Å². The van der Waals surface area contributed by atoms with Gasteiger partial charge in [0.2, 0.25) is 0 Å². The van der Waals surface area contributed by atoms with Crippen molar-refractivity contribution in [3.8, 4) is 0 Å². The molecule has 1 aromatic heterocycles.